The van der Waals surface area contributed by atoms with Gasteiger partial charge in [0.15, 0.2) is 0 Å². The van der Waals surface area contributed by atoms with Crippen LogP contribution in [-0.4, -0.2) is 48.6 Å². The number of hydrogen-bond donors (Lipinski definition) is 1. The normalized spacial score (nSPS) is 14.2. The number of aryl methyl sites for hydroxylation is 1. The zero-order valence-electron chi connectivity index (χ0n) is 16.2. The molecule has 2 aromatic carbocycles. The van der Waals surface area contributed by atoms with E-state index < -0.39 is 0 Å². The van der Waals surface area contributed by atoms with Gasteiger partial charge in [-0.3, -0.25) is 9.78 Å². The summed E-state index contributed by atoms with van der Waals surface area (Å²) < 4.78 is 5.38. The summed E-state index contributed by atoms with van der Waals surface area (Å²) in [5.74, 6) is -0.0202. The maximum absolute atomic E-state index is 13.2. The van der Waals surface area contributed by atoms with E-state index >= 15 is 0 Å². The summed E-state index contributed by atoms with van der Waals surface area (Å²) in [4.78, 5) is 19.5. The van der Waals surface area contributed by atoms with Gasteiger partial charge in [0, 0.05) is 36.2 Å². The van der Waals surface area contributed by atoms with Crippen molar-refractivity contribution in [2.75, 3.05) is 38.2 Å². The highest BCUT2D eigenvalue weighted by Gasteiger charge is 2.23. The SMILES string of the molecule is O=C(c1cnc2ccc(Cl)cc2c1NCCCc1ccccc1)N1CCOCC1. The molecule has 5 nitrogen and oxygen atoms in total. The summed E-state index contributed by atoms with van der Waals surface area (Å²) >= 11 is 6.25. The first-order valence-electron chi connectivity index (χ1n) is 9.95. The van der Waals surface area contributed by atoms with Crippen LogP contribution in [0.1, 0.15) is 22.3 Å². The van der Waals surface area contributed by atoms with Crippen LogP contribution in [0.5, 0.6) is 0 Å². The molecule has 0 saturated carbocycles. The Bertz CT molecular complexity index is 988. The monoisotopic (exact) mass is 409 g/mol. The Morgan fingerprint density at radius 3 is 2.72 bits per heavy atom. The van der Waals surface area contributed by atoms with Crippen LogP contribution in [0.25, 0.3) is 10.9 Å². The summed E-state index contributed by atoms with van der Waals surface area (Å²) in [5.41, 5.74) is 3.52. The molecule has 1 aromatic heterocycles. The number of amides is 1. The number of aromatic nitrogens is 1. The third-order valence-corrected chi connectivity index (χ3v) is 5.38. The molecule has 29 heavy (non-hydrogen) atoms. The molecule has 1 aliphatic heterocycles. The summed E-state index contributed by atoms with van der Waals surface area (Å²) in [6.45, 7) is 3.08. The molecule has 1 fully saturated rings. The fraction of sp³-hybridized carbons (Fsp3) is 0.304. The molecule has 2 heterocycles. The number of hydrogen-bond acceptors (Lipinski definition) is 4. The van der Waals surface area contributed by atoms with Crippen LogP contribution in [0.4, 0.5) is 5.69 Å². The number of rotatable bonds is 6. The van der Waals surface area contributed by atoms with Gasteiger partial charge in [0.2, 0.25) is 0 Å². The Balaban J connectivity index is 1.58. The van der Waals surface area contributed by atoms with Crippen molar-refractivity contribution in [3.05, 3.63) is 70.9 Å². The lowest BCUT2D eigenvalue weighted by Crippen LogP contribution is -2.41. The van der Waals surface area contributed by atoms with Gasteiger partial charge in [0.1, 0.15) is 0 Å². The van der Waals surface area contributed by atoms with Gasteiger partial charge in [-0.1, -0.05) is 41.9 Å². The Morgan fingerprint density at radius 2 is 1.93 bits per heavy atom. The van der Waals surface area contributed by atoms with E-state index in [1.165, 1.54) is 5.56 Å². The van der Waals surface area contributed by atoms with Crippen molar-refractivity contribution in [1.82, 2.24) is 9.88 Å². The number of benzene rings is 2. The standard InChI is InChI=1S/C23H24ClN3O2/c24-18-8-9-21-19(15-18)22(25-10-4-7-17-5-2-1-3-6-17)20(16-26-21)23(28)27-11-13-29-14-12-27/h1-3,5-6,8-9,15-16H,4,7,10-14H2,(H,25,26). The zero-order valence-corrected chi connectivity index (χ0v) is 17.0. The third kappa shape index (κ3) is 4.69. The quantitative estimate of drug-likeness (QED) is 0.613. The first-order chi connectivity index (χ1) is 14.2. The number of carbonyl (C=O) groups is 1. The minimum absolute atomic E-state index is 0.0202. The molecule has 3 aromatic rings. The van der Waals surface area contributed by atoms with Crippen LogP contribution in [-0.2, 0) is 11.2 Å². The number of nitrogens with one attached hydrogen (secondary N) is 1. The fourth-order valence-corrected chi connectivity index (χ4v) is 3.78. The summed E-state index contributed by atoms with van der Waals surface area (Å²) in [6, 6.07) is 16.0. The van der Waals surface area contributed by atoms with Gasteiger partial charge in [-0.25, -0.2) is 0 Å². The minimum atomic E-state index is -0.0202. The van der Waals surface area contributed by atoms with Gasteiger partial charge >= 0.3 is 0 Å². The van der Waals surface area contributed by atoms with E-state index in [9.17, 15) is 4.79 Å². The first kappa shape index (κ1) is 19.7. The van der Waals surface area contributed by atoms with Crippen LogP contribution in [0.15, 0.2) is 54.7 Å². The van der Waals surface area contributed by atoms with Gasteiger partial charge in [-0.15, -0.1) is 0 Å². The minimum Gasteiger partial charge on any atom is -0.384 e. The molecule has 0 radical (unpaired) electrons. The maximum Gasteiger partial charge on any atom is 0.257 e. The Kier molecular flexibility index (Phi) is 6.27. The van der Waals surface area contributed by atoms with Crippen LogP contribution < -0.4 is 5.32 Å². The van der Waals surface area contributed by atoms with Crippen molar-refractivity contribution in [2.24, 2.45) is 0 Å². The maximum atomic E-state index is 13.2. The number of pyridine rings is 1. The average molecular weight is 410 g/mol. The van der Waals surface area contributed by atoms with Crippen LogP contribution >= 0.6 is 11.6 Å². The number of fused-ring (bicyclic) bond motifs is 1. The lowest BCUT2D eigenvalue weighted by molar-refractivity contribution is 0.0303. The highest BCUT2D eigenvalue weighted by atomic mass is 35.5. The van der Waals surface area contributed by atoms with E-state index in [0.717, 1.165) is 36.0 Å². The second-order valence-electron chi connectivity index (χ2n) is 7.13. The second kappa shape index (κ2) is 9.25. The Hall–Kier alpha value is -2.63. The van der Waals surface area contributed by atoms with Crippen molar-refractivity contribution in [3.8, 4) is 0 Å². The zero-order chi connectivity index (χ0) is 20.1. The number of ether oxygens (including phenoxy) is 1. The molecule has 0 spiro atoms. The van der Waals surface area contributed by atoms with Crippen molar-refractivity contribution >= 4 is 34.1 Å². The smallest absolute Gasteiger partial charge is 0.257 e. The van der Waals surface area contributed by atoms with Crippen LogP contribution in [0.3, 0.4) is 0 Å². The van der Waals surface area contributed by atoms with Gasteiger partial charge in [0.05, 0.1) is 30.0 Å². The first-order valence-corrected chi connectivity index (χ1v) is 10.3. The molecule has 0 bridgehead atoms. The lowest BCUT2D eigenvalue weighted by atomic mass is 10.1. The molecule has 150 valence electrons. The molecule has 4 rings (SSSR count). The molecular formula is C23H24ClN3O2. The molecule has 1 N–H and O–H groups in total. The molecule has 0 aliphatic carbocycles. The van der Waals surface area contributed by atoms with E-state index in [-0.39, 0.29) is 5.91 Å². The number of anilines is 1. The van der Waals surface area contributed by atoms with E-state index in [2.05, 4.69) is 34.6 Å². The van der Waals surface area contributed by atoms with Crippen molar-refractivity contribution in [2.45, 2.75) is 12.8 Å². The number of nitrogens with zero attached hydrogens (tertiary/aromatic N) is 2. The summed E-state index contributed by atoms with van der Waals surface area (Å²) in [7, 11) is 0. The Morgan fingerprint density at radius 1 is 1.14 bits per heavy atom. The fourth-order valence-electron chi connectivity index (χ4n) is 3.60. The van der Waals surface area contributed by atoms with Crippen molar-refractivity contribution < 1.29 is 9.53 Å². The predicted molar refractivity (Wildman–Crippen MR) is 117 cm³/mol. The van der Waals surface area contributed by atoms with E-state index in [1.807, 2.05) is 29.2 Å². The van der Waals surface area contributed by atoms with Crippen molar-refractivity contribution in [3.63, 3.8) is 0 Å². The summed E-state index contributed by atoms with van der Waals surface area (Å²) in [6.07, 6.45) is 3.61. The highest BCUT2D eigenvalue weighted by molar-refractivity contribution is 6.31. The van der Waals surface area contributed by atoms with Crippen LogP contribution in [0.2, 0.25) is 5.02 Å². The largest absolute Gasteiger partial charge is 0.384 e. The van der Waals surface area contributed by atoms with Crippen molar-refractivity contribution in [1.29, 1.82) is 0 Å². The highest BCUT2D eigenvalue weighted by Crippen LogP contribution is 2.29. The molecule has 0 atom stereocenters. The number of carbonyl (C=O) groups excluding carboxylic acids is 1. The molecule has 1 saturated heterocycles. The Labute approximate surface area is 175 Å². The van der Waals surface area contributed by atoms with Gasteiger partial charge in [0.25, 0.3) is 5.91 Å². The molecule has 0 unspecified atom stereocenters. The van der Waals surface area contributed by atoms with E-state index in [1.54, 1.807) is 6.20 Å². The topological polar surface area (TPSA) is 54.5 Å². The second-order valence-corrected chi connectivity index (χ2v) is 7.57. The molecule has 6 heteroatoms. The molecular weight excluding hydrogens is 386 g/mol. The molecule has 1 amide bonds. The van der Waals surface area contributed by atoms with Gasteiger partial charge in [-0.05, 0) is 36.6 Å². The number of halogens is 1. The predicted octanol–water partition coefficient (Wildman–Crippen LogP) is 4.41. The van der Waals surface area contributed by atoms with Gasteiger partial charge < -0.3 is 15.0 Å². The van der Waals surface area contributed by atoms with Gasteiger partial charge in [-0.2, -0.15) is 0 Å². The van der Waals surface area contributed by atoms with E-state index in [0.29, 0.717) is 36.9 Å². The molecule has 1 aliphatic rings. The average Bonchev–Trinajstić information content (AvgIpc) is 2.77. The lowest BCUT2D eigenvalue weighted by Gasteiger charge is -2.28. The van der Waals surface area contributed by atoms with Crippen LogP contribution in [0, 0.1) is 0 Å². The third-order valence-electron chi connectivity index (χ3n) is 5.15. The number of morpholine rings is 1. The van der Waals surface area contributed by atoms with E-state index in [4.69, 9.17) is 16.3 Å². The summed E-state index contributed by atoms with van der Waals surface area (Å²) in [5, 5.41) is 5.00.